The van der Waals surface area contributed by atoms with Crippen LogP contribution in [0.1, 0.15) is 47.0 Å². The number of hydrogen-bond acceptors (Lipinski definition) is 2. The van der Waals surface area contributed by atoms with Crippen molar-refractivity contribution < 1.29 is 4.79 Å². The van der Waals surface area contributed by atoms with Crippen molar-refractivity contribution in [3.8, 4) is 0 Å². The summed E-state index contributed by atoms with van der Waals surface area (Å²) in [7, 11) is 0. The van der Waals surface area contributed by atoms with Crippen LogP contribution < -0.4 is 5.32 Å². The van der Waals surface area contributed by atoms with Gasteiger partial charge in [0.1, 0.15) is 0 Å². The maximum absolute atomic E-state index is 12.3. The van der Waals surface area contributed by atoms with Crippen LogP contribution in [0.4, 0.5) is 0 Å². The number of nitrogens with zero attached hydrogens (tertiary/aromatic N) is 1. The SMILES string of the molecule is CC(C)NC1CCN(C(C)(C)C2CC2)C1=O. The summed E-state index contributed by atoms with van der Waals surface area (Å²) in [6.45, 7) is 9.57. The van der Waals surface area contributed by atoms with Gasteiger partial charge in [0.05, 0.1) is 6.04 Å². The Bertz CT molecular complexity index is 282. The van der Waals surface area contributed by atoms with E-state index in [2.05, 4.69) is 37.9 Å². The van der Waals surface area contributed by atoms with Gasteiger partial charge in [0.25, 0.3) is 0 Å². The summed E-state index contributed by atoms with van der Waals surface area (Å²) in [5.41, 5.74) is 0.0739. The molecule has 1 aliphatic heterocycles. The van der Waals surface area contributed by atoms with Crippen molar-refractivity contribution in [2.45, 2.75) is 64.6 Å². The third-order valence-electron chi connectivity index (χ3n) is 4.01. The first-order valence-corrected chi connectivity index (χ1v) is 6.50. The Balaban J connectivity index is 2.01. The Morgan fingerprint density at radius 2 is 1.94 bits per heavy atom. The van der Waals surface area contributed by atoms with E-state index in [-0.39, 0.29) is 11.6 Å². The summed E-state index contributed by atoms with van der Waals surface area (Å²) in [6.07, 6.45) is 3.55. The Hall–Kier alpha value is -0.570. The molecule has 1 atom stereocenters. The molecule has 2 rings (SSSR count). The van der Waals surface area contributed by atoms with Crippen LogP contribution in [-0.4, -0.2) is 35.0 Å². The molecule has 2 aliphatic rings. The molecule has 1 unspecified atom stereocenters. The summed E-state index contributed by atoms with van der Waals surface area (Å²) in [4.78, 5) is 14.4. The first kappa shape index (κ1) is 11.9. The quantitative estimate of drug-likeness (QED) is 0.789. The summed E-state index contributed by atoms with van der Waals surface area (Å²) < 4.78 is 0. The second-order valence-corrected chi connectivity index (χ2v) is 6.08. The largest absolute Gasteiger partial charge is 0.336 e. The molecule has 2 fully saturated rings. The van der Waals surface area contributed by atoms with E-state index in [1.165, 1.54) is 12.8 Å². The molecule has 1 saturated heterocycles. The van der Waals surface area contributed by atoms with Gasteiger partial charge in [-0.25, -0.2) is 0 Å². The number of likely N-dealkylation sites (tertiary alicyclic amines) is 1. The Morgan fingerprint density at radius 3 is 2.44 bits per heavy atom. The van der Waals surface area contributed by atoms with E-state index in [0.29, 0.717) is 11.9 Å². The summed E-state index contributed by atoms with van der Waals surface area (Å²) >= 11 is 0. The zero-order chi connectivity index (χ0) is 11.9. The molecule has 1 amide bonds. The zero-order valence-electron chi connectivity index (χ0n) is 10.9. The monoisotopic (exact) mass is 224 g/mol. The van der Waals surface area contributed by atoms with Gasteiger partial charge >= 0.3 is 0 Å². The number of carbonyl (C=O) groups is 1. The molecule has 1 aliphatic carbocycles. The van der Waals surface area contributed by atoms with Gasteiger partial charge in [-0.15, -0.1) is 0 Å². The van der Waals surface area contributed by atoms with Crippen molar-refractivity contribution in [1.29, 1.82) is 0 Å². The molecule has 0 spiro atoms. The zero-order valence-corrected chi connectivity index (χ0v) is 10.9. The fraction of sp³-hybridized carbons (Fsp3) is 0.923. The number of nitrogens with one attached hydrogen (secondary N) is 1. The minimum absolute atomic E-state index is 0.0537. The lowest BCUT2D eigenvalue weighted by Crippen LogP contribution is -2.50. The molecule has 0 bridgehead atoms. The fourth-order valence-electron chi connectivity index (χ4n) is 2.82. The van der Waals surface area contributed by atoms with Crippen LogP contribution in [0.5, 0.6) is 0 Å². The minimum Gasteiger partial charge on any atom is -0.336 e. The van der Waals surface area contributed by atoms with Crippen molar-refractivity contribution in [3.05, 3.63) is 0 Å². The molecule has 1 heterocycles. The van der Waals surface area contributed by atoms with Crippen molar-refractivity contribution in [2.75, 3.05) is 6.54 Å². The molecule has 16 heavy (non-hydrogen) atoms. The van der Waals surface area contributed by atoms with E-state index in [4.69, 9.17) is 0 Å². The van der Waals surface area contributed by atoms with Crippen LogP contribution in [0.25, 0.3) is 0 Å². The Morgan fingerprint density at radius 1 is 1.31 bits per heavy atom. The maximum Gasteiger partial charge on any atom is 0.240 e. The van der Waals surface area contributed by atoms with Crippen molar-refractivity contribution in [2.24, 2.45) is 5.92 Å². The van der Waals surface area contributed by atoms with E-state index >= 15 is 0 Å². The van der Waals surface area contributed by atoms with Crippen molar-refractivity contribution >= 4 is 5.91 Å². The lowest BCUT2D eigenvalue weighted by molar-refractivity contribution is -0.134. The maximum atomic E-state index is 12.3. The summed E-state index contributed by atoms with van der Waals surface area (Å²) in [6, 6.07) is 0.441. The topological polar surface area (TPSA) is 32.3 Å². The molecule has 0 aromatic carbocycles. The molecular weight excluding hydrogens is 200 g/mol. The van der Waals surface area contributed by atoms with Gasteiger partial charge in [0.2, 0.25) is 5.91 Å². The summed E-state index contributed by atoms with van der Waals surface area (Å²) in [5.74, 6) is 1.04. The molecule has 0 aromatic heterocycles. The van der Waals surface area contributed by atoms with E-state index in [0.717, 1.165) is 18.9 Å². The normalized spacial score (nSPS) is 26.9. The molecule has 1 saturated carbocycles. The third-order valence-corrected chi connectivity index (χ3v) is 4.01. The molecule has 1 N–H and O–H groups in total. The van der Waals surface area contributed by atoms with Crippen LogP contribution in [0.15, 0.2) is 0 Å². The molecule has 3 heteroatoms. The van der Waals surface area contributed by atoms with Crippen LogP contribution in [0.3, 0.4) is 0 Å². The lowest BCUT2D eigenvalue weighted by atomic mass is 9.96. The van der Waals surface area contributed by atoms with E-state index in [9.17, 15) is 4.79 Å². The standard InChI is InChI=1S/C13H24N2O/c1-9(2)14-11-7-8-15(12(11)16)13(3,4)10-5-6-10/h9-11,14H,5-8H2,1-4H3. The van der Waals surface area contributed by atoms with E-state index < -0.39 is 0 Å². The van der Waals surface area contributed by atoms with Crippen LogP contribution >= 0.6 is 0 Å². The van der Waals surface area contributed by atoms with Gasteiger partial charge < -0.3 is 10.2 Å². The molecular formula is C13H24N2O. The second-order valence-electron chi connectivity index (χ2n) is 6.08. The first-order chi connectivity index (χ1) is 7.43. The predicted molar refractivity (Wildman–Crippen MR) is 65.2 cm³/mol. The van der Waals surface area contributed by atoms with Gasteiger partial charge in [0.15, 0.2) is 0 Å². The molecule has 3 nitrogen and oxygen atoms in total. The number of amides is 1. The summed E-state index contributed by atoms with van der Waals surface area (Å²) in [5, 5.41) is 3.36. The third kappa shape index (κ3) is 2.10. The fourth-order valence-corrected chi connectivity index (χ4v) is 2.82. The van der Waals surface area contributed by atoms with Gasteiger partial charge in [-0.2, -0.15) is 0 Å². The van der Waals surface area contributed by atoms with Crippen molar-refractivity contribution in [1.82, 2.24) is 10.2 Å². The van der Waals surface area contributed by atoms with Crippen molar-refractivity contribution in [3.63, 3.8) is 0 Å². The van der Waals surface area contributed by atoms with Gasteiger partial charge in [-0.3, -0.25) is 4.79 Å². The highest BCUT2D eigenvalue weighted by molar-refractivity contribution is 5.84. The van der Waals surface area contributed by atoms with Crippen LogP contribution in [0, 0.1) is 5.92 Å². The minimum atomic E-state index is 0.0537. The molecule has 0 aromatic rings. The predicted octanol–water partition coefficient (Wildman–Crippen LogP) is 1.77. The smallest absolute Gasteiger partial charge is 0.240 e. The molecule has 0 radical (unpaired) electrons. The van der Waals surface area contributed by atoms with Gasteiger partial charge in [-0.05, 0) is 39.0 Å². The lowest BCUT2D eigenvalue weighted by Gasteiger charge is -2.36. The molecule has 92 valence electrons. The average Bonchev–Trinajstić information content (AvgIpc) is 2.94. The highest BCUT2D eigenvalue weighted by Gasteiger charge is 2.47. The van der Waals surface area contributed by atoms with E-state index in [1.807, 2.05) is 0 Å². The Labute approximate surface area is 98.6 Å². The van der Waals surface area contributed by atoms with Crippen LogP contribution in [0.2, 0.25) is 0 Å². The first-order valence-electron chi connectivity index (χ1n) is 6.50. The van der Waals surface area contributed by atoms with Gasteiger partial charge in [-0.1, -0.05) is 13.8 Å². The van der Waals surface area contributed by atoms with Crippen LogP contribution in [-0.2, 0) is 4.79 Å². The number of hydrogen-bond donors (Lipinski definition) is 1. The average molecular weight is 224 g/mol. The Kier molecular flexibility index (Phi) is 2.99. The second kappa shape index (κ2) is 4.02. The number of carbonyl (C=O) groups excluding carboxylic acids is 1. The van der Waals surface area contributed by atoms with E-state index in [1.54, 1.807) is 0 Å². The number of rotatable bonds is 4. The highest BCUT2D eigenvalue weighted by atomic mass is 16.2. The van der Waals surface area contributed by atoms with Gasteiger partial charge in [0, 0.05) is 18.1 Å². The highest BCUT2D eigenvalue weighted by Crippen LogP contribution is 2.44.